The van der Waals surface area contributed by atoms with Crippen molar-refractivity contribution in [1.82, 2.24) is 4.90 Å². The van der Waals surface area contributed by atoms with Crippen molar-refractivity contribution >= 4 is 11.9 Å². The smallest absolute Gasteiger partial charge is 0.323 e. The number of hydrogen-bond donors (Lipinski definition) is 1. The molecule has 1 aliphatic carbocycles. The molecule has 0 spiro atoms. The molecule has 0 radical (unpaired) electrons. The highest BCUT2D eigenvalue weighted by Gasteiger charge is 2.28. The Morgan fingerprint density at radius 1 is 1.33 bits per heavy atom. The van der Waals surface area contributed by atoms with Crippen LogP contribution in [0, 0.1) is 5.82 Å². The zero-order chi connectivity index (χ0) is 15.2. The summed E-state index contributed by atoms with van der Waals surface area (Å²) in [7, 11) is 0. The molecule has 2 rings (SSSR count). The molecule has 21 heavy (non-hydrogen) atoms. The van der Waals surface area contributed by atoms with Crippen LogP contribution in [0.5, 0.6) is 5.75 Å². The van der Waals surface area contributed by atoms with Crippen LogP contribution in [0.4, 0.5) is 4.39 Å². The Morgan fingerprint density at radius 2 is 2.05 bits per heavy atom. The van der Waals surface area contributed by atoms with Crippen molar-refractivity contribution in [2.75, 3.05) is 13.2 Å². The minimum absolute atomic E-state index is 0.0373. The Labute approximate surface area is 122 Å². The summed E-state index contributed by atoms with van der Waals surface area (Å²) in [6, 6.07) is 5.47. The highest BCUT2D eigenvalue weighted by molar-refractivity contribution is 5.82. The molecule has 1 fully saturated rings. The number of nitrogens with zero attached hydrogens (tertiary/aromatic N) is 1. The summed E-state index contributed by atoms with van der Waals surface area (Å²) < 4.78 is 18.3. The summed E-state index contributed by atoms with van der Waals surface area (Å²) in [6.07, 6.45) is 3.63. The van der Waals surface area contributed by atoms with Gasteiger partial charge >= 0.3 is 5.97 Å². The van der Waals surface area contributed by atoms with Gasteiger partial charge in [-0.25, -0.2) is 4.39 Å². The number of halogens is 1. The van der Waals surface area contributed by atoms with Gasteiger partial charge in [0.05, 0.1) is 0 Å². The fourth-order valence-corrected chi connectivity index (χ4v) is 2.57. The van der Waals surface area contributed by atoms with Gasteiger partial charge in [-0.1, -0.05) is 18.9 Å². The highest BCUT2D eigenvalue weighted by atomic mass is 19.1. The van der Waals surface area contributed by atoms with Crippen LogP contribution in [0.3, 0.4) is 0 Å². The van der Waals surface area contributed by atoms with E-state index in [9.17, 15) is 14.0 Å². The first-order chi connectivity index (χ1) is 10.1. The number of ether oxygens (including phenoxy) is 1. The van der Waals surface area contributed by atoms with Gasteiger partial charge < -0.3 is 14.7 Å². The average Bonchev–Trinajstić information content (AvgIpc) is 2.96. The summed E-state index contributed by atoms with van der Waals surface area (Å²) in [6.45, 7) is -0.608. The molecule has 0 aliphatic heterocycles. The fraction of sp³-hybridized carbons (Fsp3) is 0.467. The predicted molar refractivity (Wildman–Crippen MR) is 73.5 cm³/mol. The normalized spacial score (nSPS) is 14.9. The zero-order valence-electron chi connectivity index (χ0n) is 11.6. The molecule has 1 aliphatic rings. The van der Waals surface area contributed by atoms with Crippen molar-refractivity contribution in [1.29, 1.82) is 0 Å². The lowest BCUT2D eigenvalue weighted by Gasteiger charge is -2.27. The number of hydrogen-bond acceptors (Lipinski definition) is 3. The van der Waals surface area contributed by atoms with Gasteiger partial charge in [0.2, 0.25) is 0 Å². The Balaban J connectivity index is 1.95. The maximum absolute atomic E-state index is 13.0. The van der Waals surface area contributed by atoms with Gasteiger partial charge in [0.1, 0.15) is 18.1 Å². The van der Waals surface area contributed by atoms with E-state index in [1.165, 1.54) is 23.1 Å². The number of carbonyl (C=O) groups excluding carboxylic acids is 1. The largest absolute Gasteiger partial charge is 0.484 e. The molecule has 5 nitrogen and oxygen atoms in total. The summed E-state index contributed by atoms with van der Waals surface area (Å²) in [4.78, 5) is 24.4. The maximum Gasteiger partial charge on any atom is 0.323 e. The first-order valence-corrected chi connectivity index (χ1v) is 6.96. The van der Waals surface area contributed by atoms with E-state index in [1.807, 2.05) is 0 Å². The fourth-order valence-electron chi connectivity index (χ4n) is 2.57. The van der Waals surface area contributed by atoms with E-state index in [1.54, 1.807) is 6.07 Å². The van der Waals surface area contributed by atoms with E-state index < -0.39 is 11.8 Å². The summed E-state index contributed by atoms with van der Waals surface area (Å²) in [5.41, 5.74) is 0. The molecule has 6 heteroatoms. The molecular formula is C15H18FNO4. The third-order valence-electron chi connectivity index (χ3n) is 3.55. The van der Waals surface area contributed by atoms with Gasteiger partial charge in [-0.05, 0) is 25.0 Å². The van der Waals surface area contributed by atoms with Crippen molar-refractivity contribution in [3.63, 3.8) is 0 Å². The molecule has 0 atom stereocenters. The number of carboxylic acid groups (broad SMARTS) is 1. The Hall–Kier alpha value is -2.11. The topological polar surface area (TPSA) is 66.8 Å². The van der Waals surface area contributed by atoms with Crippen LogP contribution < -0.4 is 4.74 Å². The average molecular weight is 295 g/mol. The second-order valence-electron chi connectivity index (χ2n) is 5.10. The third kappa shape index (κ3) is 4.44. The van der Waals surface area contributed by atoms with Gasteiger partial charge in [0.15, 0.2) is 6.61 Å². The number of amides is 1. The number of carbonyl (C=O) groups is 2. The summed E-state index contributed by atoms with van der Waals surface area (Å²) in [5, 5.41) is 8.93. The molecule has 0 unspecified atom stereocenters. The lowest BCUT2D eigenvalue weighted by Crippen LogP contribution is -2.44. The monoisotopic (exact) mass is 295 g/mol. The van der Waals surface area contributed by atoms with Crippen molar-refractivity contribution in [3.8, 4) is 5.75 Å². The van der Waals surface area contributed by atoms with Gasteiger partial charge in [-0.2, -0.15) is 0 Å². The minimum atomic E-state index is -1.04. The van der Waals surface area contributed by atoms with E-state index in [-0.39, 0.29) is 30.9 Å². The van der Waals surface area contributed by atoms with Gasteiger partial charge in [0, 0.05) is 12.1 Å². The summed E-state index contributed by atoms with van der Waals surface area (Å²) >= 11 is 0. The number of aliphatic carboxylic acids is 1. The lowest BCUT2D eigenvalue weighted by atomic mass is 10.2. The molecule has 1 amide bonds. The standard InChI is InChI=1S/C15H18FNO4/c16-11-4-3-7-13(8-11)21-10-14(18)17(9-15(19)20)12-5-1-2-6-12/h3-4,7-8,12H,1-2,5-6,9-10H2,(H,19,20). The van der Waals surface area contributed by atoms with Crippen molar-refractivity contribution in [2.45, 2.75) is 31.7 Å². The molecule has 1 saturated carbocycles. The second kappa shape index (κ2) is 7.06. The van der Waals surface area contributed by atoms with E-state index in [4.69, 9.17) is 9.84 Å². The van der Waals surface area contributed by atoms with Crippen molar-refractivity contribution < 1.29 is 23.8 Å². The molecule has 0 heterocycles. The SMILES string of the molecule is O=C(O)CN(C(=O)COc1cccc(F)c1)C1CCCC1. The first kappa shape index (κ1) is 15.3. The molecule has 0 saturated heterocycles. The van der Waals surface area contributed by atoms with Gasteiger partial charge in [-0.15, -0.1) is 0 Å². The predicted octanol–water partition coefficient (Wildman–Crippen LogP) is 2.06. The quantitative estimate of drug-likeness (QED) is 0.872. The van der Waals surface area contributed by atoms with Gasteiger partial charge in [0.25, 0.3) is 5.91 Å². The minimum Gasteiger partial charge on any atom is -0.484 e. The zero-order valence-corrected chi connectivity index (χ0v) is 11.6. The van der Waals surface area contributed by atoms with Crippen LogP contribution in [-0.4, -0.2) is 41.1 Å². The molecular weight excluding hydrogens is 277 g/mol. The first-order valence-electron chi connectivity index (χ1n) is 6.96. The van der Waals surface area contributed by atoms with E-state index in [0.717, 1.165) is 25.7 Å². The number of carboxylic acids is 1. The molecule has 114 valence electrons. The second-order valence-corrected chi connectivity index (χ2v) is 5.10. The third-order valence-corrected chi connectivity index (χ3v) is 3.55. The van der Waals surface area contributed by atoms with Crippen LogP contribution in [-0.2, 0) is 9.59 Å². The Kier molecular flexibility index (Phi) is 5.14. The van der Waals surface area contributed by atoms with E-state index in [2.05, 4.69) is 0 Å². The molecule has 1 aromatic carbocycles. The number of benzene rings is 1. The van der Waals surface area contributed by atoms with E-state index in [0.29, 0.717) is 0 Å². The molecule has 0 bridgehead atoms. The van der Waals surface area contributed by atoms with Crippen molar-refractivity contribution in [2.24, 2.45) is 0 Å². The maximum atomic E-state index is 13.0. The van der Waals surface area contributed by atoms with Crippen LogP contribution in [0.15, 0.2) is 24.3 Å². The lowest BCUT2D eigenvalue weighted by molar-refractivity contribution is -0.147. The summed E-state index contributed by atoms with van der Waals surface area (Å²) in [5.74, 6) is -1.61. The van der Waals surface area contributed by atoms with Crippen LogP contribution >= 0.6 is 0 Å². The molecule has 1 N–H and O–H groups in total. The van der Waals surface area contributed by atoms with Gasteiger partial charge in [-0.3, -0.25) is 9.59 Å². The molecule has 1 aromatic rings. The van der Waals surface area contributed by atoms with Crippen LogP contribution in [0.25, 0.3) is 0 Å². The van der Waals surface area contributed by atoms with Crippen molar-refractivity contribution in [3.05, 3.63) is 30.1 Å². The Bertz CT molecular complexity index is 514. The number of rotatable bonds is 6. The van der Waals surface area contributed by atoms with Crippen LogP contribution in [0.2, 0.25) is 0 Å². The van der Waals surface area contributed by atoms with E-state index >= 15 is 0 Å². The molecule has 0 aromatic heterocycles. The Morgan fingerprint density at radius 3 is 2.67 bits per heavy atom. The van der Waals surface area contributed by atoms with Crippen LogP contribution in [0.1, 0.15) is 25.7 Å². The highest BCUT2D eigenvalue weighted by Crippen LogP contribution is 2.23.